The Morgan fingerprint density at radius 1 is 1.38 bits per heavy atom. The molecule has 1 saturated carbocycles. The maximum atomic E-state index is 13.3. The van der Waals surface area contributed by atoms with Gasteiger partial charge in [0.15, 0.2) is 5.65 Å². The van der Waals surface area contributed by atoms with Crippen LogP contribution in [-0.2, 0) is 6.42 Å². The normalized spacial score (nSPS) is 19.3. The first kappa shape index (κ1) is 16.7. The fourth-order valence-corrected chi connectivity index (χ4v) is 3.39. The lowest BCUT2D eigenvalue weighted by molar-refractivity contribution is 0.130. The molecule has 1 aromatic carbocycles. The minimum Gasteiger partial charge on any atom is -0.465 e. The largest absolute Gasteiger partial charge is 0.465 e. The molecule has 4 rings (SSSR count). The van der Waals surface area contributed by atoms with Crippen molar-refractivity contribution in [3.63, 3.8) is 0 Å². The van der Waals surface area contributed by atoms with Crippen molar-refractivity contribution >= 4 is 34.5 Å². The Labute approximate surface area is 152 Å². The second kappa shape index (κ2) is 6.53. The highest BCUT2D eigenvalue weighted by atomic mass is 35.5. The molecule has 7 nitrogen and oxygen atoms in total. The summed E-state index contributed by atoms with van der Waals surface area (Å²) in [4.78, 5) is 19.4. The van der Waals surface area contributed by atoms with Crippen LogP contribution < -0.4 is 5.32 Å². The molecular weight excluding hydrogens is 361 g/mol. The SMILES string of the molecule is O=C(O)Nc1ncnc2c1c(Cc1cccc(Cl)c1)nn2C1CC(F)C1. The van der Waals surface area contributed by atoms with Crippen LogP contribution in [0.4, 0.5) is 15.0 Å². The molecule has 0 bridgehead atoms. The lowest BCUT2D eigenvalue weighted by Gasteiger charge is -2.29. The molecule has 2 aromatic heterocycles. The standard InChI is InChI=1S/C17H15ClFN5O2/c18-10-3-1-2-9(4-10)5-13-14-15(22-17(25)26)20-8-21-16(14)24(23-13)12-6-11(19)7-12/h1-4,8,11-12H,5-7H2,(H,25,26)(H,20,21,22). The summed E-state index contributed by atoms with van der Waals surface area (Å²) in [6.07, 6.45) is 0.393. The smallest absolute Gasteiger partial charge is 0.410 e. The van der Waals surface area contributed by atoms with Crippen LogP contribution in [0.3, 0.4) is 0 Å². The maximum Gasteiger partial charge on any atom is 0.410 e. The van der Waals surface area contributed by atoms with Crippen molar-refractivity contribution in [2.45, 2.75) is 31.5 Å². The number of fused-ring (bicyclic) bond motifs is 1. The van der Waals surface area contributed by atoms with Gasteiger partial charge in [-0.05, 0) is 17.7 Å². The van der Waals surface area contributed by atoms with E-state index in [0.717, 1.165) is 5.56 Å². The molecule has 26 heavy (non-hydrogen) atoms. The van der Waals surface area contributed by atoms with E-state index in [1.54, 1.807) is 10.7 Å². The molecule has 1 aliphatic rings. The molecular formula is C17H15ClFN5O2. The highest BCUT2D eigenvalue weighted by Crippen LogP contribution is 2.37. The number of carboxylic acid groups (broad SMARTS) is 1. The Morgan fingerprint density at radius 3 is 2.88 bits per heavy atom. The molecule has 1 aliphatic carbocycles. The Kier molecular flexibility index (Phi) is 4.20. The third-order valence-electron chi connectivity index (χ3n) is 4.45. The molecule has 134 valence electrons. The minimum absolute atomic E-state index is 0.0896. The summed E-state index contributed by atoms with van der Waals surface area (Å²) in [6, 6.07) is 7.25. The van der Waals surface area contributed by atoms with Crippen LogP contribution in [0.2, 0.25) is 5.02 Å². The van der Waals surface area contributed by atoms with Crippen LogP contribution >= 0.6 is 11.6 Å². The highest BCUT2D eigenvalue weighted by Gasteiger charge is 2.33. The number of anilines is 1. The van der Waals surface area contributed by atoms with Crippen LogP contribution in [0.25, 0.3) is 11.0 Å². The van der Waals surface area contributed by atoms with E-state index in [0.29, 0.717) is 41.0 Å². The first-order valence-electron chi connectivity index (χ1n) is 8.12. The number of benzene rings is 1. The zero-order valence-electron chi connectivity index (χ0n) is 13.6. The summed E-state index contributed by atoms with van der Waals surface area (Å²) >= 11 is 6.05. The molecule has 1 amide bonds. The second-order valence-corrected chi connectivity index (χ2v) is 6.71. The van der Waals surface area contributed by atoms with E-state index in [4.69, 9.17) is 16.7 Å². The van der Waals surface area contributed by atoms with Crippen molar-refractivity contribution in [3.8, 4) is 0 Å². The van der Waals surface area contributed by atoms with Gasteiger partial charge in [-0.1, -0.05) is 23.7 Å². The summed E-state index contributed by atoms with van der Waals surface area (Å²) in [6.45, 7) is 0. The number of carbonyl (C=O) groups is 1. The number of nitrogens with one attached hydrogen (secondary N) is 1. The summed E-state index contributed by atoms with van der Waals surface area (Å²) < 4.78 is 15.0. The lowest BCUT2D eigenvalue weighted by atomic mass is 9.91. The van der Waals surface area contributed by atoms with E-state index in [9.17, 15) is 9.18 Å². The predicted octanol–water partition coefficient (Wildman–Crippen LogP) is 3.83. The minimum atomic E-state index is -1.22. The van der Waals surface area contributed by atoms with Gasteiger partial charge in [0, 0.05) is 24.3 Å². The van der Waals surface area contributed by atoms with Gasteiger partial charge in [0.2, 0.25) is 0 Å². The summed E-state index contributed by atoms with van der Waals surface area (Å²) in [5.74, 6) is 0.168. The third kappa shape index (κ3) is 3.08. The van der Waals surface area contributed by atoms with Crippen molar-refractivity contribution < 1.29 is 14.3 Å². The first-order chi connectivity index (χ1) is 12.5. The van der Waals surface area contributed by atoms with Gasteiger partial charge in [-0.2, -0.15) is 5.10 Å². The predicted molar refractivity (Wildman–Crippen MR) is 94.4 cm³/mol. The van der Waals surface area contributed by atoms with E-state index in [2.05, 4.69) is 20.4 Å². The van der Waals surface area contributed by atoms with Gasteiger partial charge in [0.05, 0.1) is 17.1 Å². The fraction of sp³-hybridized carbons (Fsp3) is 0.294. The number of rotatable bonds is 4. The number of halogens is 2. The summed E-state index contributed by atoms with van der Waals surface area (Å²) in [5.41, 5.74) is 2.04. The quantitative estimate of drug-likeness (QED) is 0.722. The average Bonchev–Trinajstić information content (AvgIpc) is 2.91. The van der Waals surface area contributed by atoms with Crippen molar-refractivity contribution in [2.75, 3.05) is 5.32 Å². The number of nitrogens with zero attached hydrogens (tertiary/aromatic N) is 4. The molecule has 0 unspecified atom stereocenters. The molecule has 0 spiro atoms. The Morgan fingerprint density at radius 2 is 2.19 bits per heavy atom. The van der Waals surface area contributed by atoms with Crippen molar-refractivity contribution in [1.29, 1.82) is 0 Å². The number of hydrogen-bond donors (Lipinski definition) is 2. The molecule has 0 aliphatic heterocycles. The van der Waals surface area contributed by atoms with Gasteiger partial charge >= 0.3 is 6.09 Å². The maximum absolute atomic E-state index is 13.3. The molecule has 0 radical (unpaired) electrons. The summed E-state index contributed by atoms with van der Waals surface area (Å²) in [7, 11) is 0. The lowest BCUT2D eigenvalue weighted by Crippen LogP contribution is -2.28. The number of hydrogen-bond acceptors (Lipinski definition) is 4. The van der Waals surface area contributed by atoms with Gasteiger partial charge < -0.3 is 5.11 Å². The number of aromatic nitrogens is 4. The molecule has 3 aromatic rings. The van der Waals surface area contributed by atoms with Gasteiger partial charge in [-0.25, -0.2) is 23.8 Å². The summed E-state index contributed by atoms with van der Waals surface area (Å²) in [5, 5.41) is 17.1. The number of amides is 1. The molecule has 0 atom stereocenters. The molecule has 1 fully saturated rings. The molecule has 2 heterocycles. The van der Waals surface area contributed by atoms with E-state index in [-0.39, 0.29) is 11.9 Å². The zero-order valence-corrected chi connectivity index (χ0v) is 14.3. The monoisotopic (exact) mass is 375 g/mol. The van der Waals surface area contributed by atoms with Gasteiger partial charge in [0.1, 0.15) is 18.3 Å². The van der Waals surface area contributed by atoms with Crippen LogP contribution in [0.15, 0.2) is 30.6 Å². The molecule has 9 heteroatoms. The topological polar surface area (TPSA) is 92.9 Å². The van der Waals surface area contributed by atoms with E-state index in [1.165, 1.54) is 6.33 Å². The second-order valence-electron chi connectivity index (χ2n) is 6.27. The first-order valence-corrected chi connectivity index (χ1v) is 8.49. The van der Waals surface area contributed by atoms with Crippen LogP contribution in [0, 0.1) is 0 Å². The van der Waals surface area contributed by atoms with Crippen molar-refractivity contribution in [3.05, 3.63) is 46.9 Å². The Bertz CT molecular complexity index is 986. The third-order valence-corrected chi connectivity index (χ3v) is 4.68. The van der Waals surface area contributed by atoms with E-state index in [1.807, 2.05) is 18.2 Å². The highest BCUT2D eigenvalue weighted by molar-refractivity contribution is 6.30. The van der Waals surface area contributed by atoms with Crippen molar-refractivity contribution in [1.82, 2.24) is 19.7 Å². The zero-order chi connectivity index (χ0) is 18.3. The molecule has 0 saturated heterocycles. The Balaban J connectivity index is 1.82. The van der Waals surface area contributed by atoms with E-state index < -0.39 is 12.3 Å². The van der Waals surface area contributed by atoms with Gasteiger partial charge in [-0.15, -0.1) is 0 Å². The van der Waals surface area contributed by atoms with Crippen LogP contribution in [0.5, 0.6) is 0 Å². The molecule has 2 N–H and O–H groups in total. The van der Waals surface area contributed by atoms with Gasteiger partial charge in [-0.3, -0.25) is 5.32 Å². The fourth-order valence-electron chi connectivity index (χ4n) is 3.18. The van der Waals surface area contributed by atoms with Crippen molar-refractivity contribution in [2.24, 2.45) is 0 Å². The van der Waals surface area contributed by atoms with Crippen LogP contribution in [0.1, 0.15) is 30.1 Å². The number of alkyl halides is 1. The van der Waals surface area contributed by atoms with Gasteiger partial charge in [0.25, 0.3) is 0 Å². The average molecular weight is 376 g/mol. The van der Waals surface area contributed by atoms with Crippen LogP contribution in [-0.4, -0.2) is 37.1 Å². The van der Waals surface area contributed by atoms with E-state index >= 15 is 0 Å². The Hall–Kier alpha value is -2.74.